The number of aliphatic carboxylic acids is 1. The van der Waals surface area contributed by atoms with Gasteiger partial charge in [-0.3, -0.25) is 4.90 Å². The molecule has 1 aromatic heterocycles. The third-order valence-electron chi connectivity index (χ3n) is 7.73. The number of nitrogens with one attached hydrogen (secondary N) is 1. The number of carboxylic acids is 1. The van der Waals surface area contributed by atoms with Gasteiger partial charge in [0.15, 0.2) is 5.75 Å². The number of hydrogen-bond acceptors (Lipinski definition) is 8. The molecule has 19 heteroatoms. The first kappa shape index (κ1) is 42.3. The van der Waals surface area contributed by atoms with Crippen LogP contribution in [0.2, 0.25) is 0 Å². The van der Waals surface area contributed by atoms with Gasteiger partial charge in [-0.1, -0.05) is 6.92 Å². The first-order valence-electron chi connectivity index (χ1n) is 15.2. The van der Waals surface area contributed by atoms with Crippen molar-refractivity contribution >= 4 is 23.7 Å². The van der Waals surface area contributed by atoms with Crippen molar-refractivity contribution < 1.29 is 115 Å². The van der Waals surface area contributed by atoms with Crippen LogP contribution in [-0.2, 0) is 34.5 Å². The summed E-state index contributed by atoms with van der Waals surface area (Å²) in [7, 11) is 0. The van der Waals surface area contributed by atoms with Crippen LogP contribution in [0.5, 0.6) is 5.75 Å². The van der Waals surface area contributed by atoms with E-state index < -0.39 is 77.8 Å². The molecule has 0 saturated carbocycles. The van der Waals surface area contributed by atoms with Gasteiger partial charge in [0.25, 0.3) is 0 Å². The molecule has 0 spiro atoms. The third-order valence-corrected chi connectivity index (χ3v) is 7.73. The van der Waals surface area contributed by atoms with Gasteiger partial charge in [-0.25, -0.2) is 14.8 Å². The molecular weight excluding hydrogens is 730 g/mol. The zero-order valence-corrected chi connectivity index (χ0v) is 30.6. The Hall–Kier alpha value is -3.13. The van der Waals surface area contributed by atoms with Crippen LogP contribution >= 0.6 is 0 Å². The van der Waals surface area contributed by atoms with Crippen molar-refractivity contribution in [1.82, 2.24) is 9.97 Å². The van der Waals surface area contributed by atoms with E-state index in [1.54, 1.807) is 13.8 Å². The Morgan fingerprint density at radius 1 is 0.941 bits per heavy atom. The molecule has 4 rings (SSSR count). The van der Waals surface area contributed by atoms with E-state index in [1.165, 1.54) is 4.90 Å². The van der Waals surface area contributed by atoms with E-state index in [1.807, 2.05) is 0 Å². The zero-order valence-electron chi connectivity index (χ0n) is 27.4. The molecule has 0 saturated heterocycles. The molecule has 0 radical (unpaired) electrons. The monoisotopic (exact) mass is 760 g/mol. The fraction of sp³-hybridized carbons (Fsp3) is 0.438. The summed E-state index contributed by atoms with van der Waals surface area (Å²) in [6.07, 6.45) is -15.5. The number of alkyl halides is 9. The number of benzene rings is 2. The van der Waals surface area contributed by atoms with Crippen LogP contribution in [-0.4, -0.2) is 41.3 Å². The molecule has 2 aromatic carbocycles. The van der Waals surface area contributed by atoms with Crippen molar-refractivity contribution in [2.45, 2.75) is 76.6 Å². The average molecular weight is 761 g/mol. The quantitative estimate of drug-likeness (QED) is 0.175. The van der Waals surface area contributed by atoms with Gasteiger partial charge >= 0.3 is 76.0 Å². The van der Waals surface area contributed by atoms with E-state index in [9.17, 15) is 54.2 Å². The van der Waals surface area contributed by atoms with Crippen molar-refractivity contribution in [3.8, 4) is 5.75 Å². The summed E-state index contributed by atoms with van der Waals surface area (Å²) in [5.74, 6) is -1.84. The Morgan fingerprint density at radius 3 is 2.12 bits per heavy atom. The molecule has 9 nitrogen and oxygen atoms in total. The molecule has 2 atom stereocenters. The number of carboxylic acid groups (broad SMARTS) is 1. The minimum Gasteiger partial charge on any atom is -0.550 e. The Bertz CT molecular complexity index is 1670. The number of carbonyl (C=O) groups is 2. The minimum absolute atomic E-state index is 0. The average Bonchev–Trinajstić information content (AvgIpc) is 3.02. The molecule has 2 heterocycles. The molecule has 0 bridgehead atoms. The van der Waals surface area contributed by atoms with Crippen molar-refractivity contribution in [2.75, 3.05) is 23.4 Å². The van der Waals surface area contributed by atoms with E-state index in [2.05, 4.69) is 15.3 Å². The number of ether oxygens (including phenoxy) is 2. The largest absolute Gasteiger partial charge is 1.00 e. The van der Waals surface area contributed by atoms with Crippen LogP contribution in [0.1, 0.15) is 79.1 Å². The molecule has 0 unspecified atom stereocenters. The van der Waals surface area contributed by atoms with Crippen LogP contribution in [0.3, 0.4) is 0 Å². The molecule has 1 amide bonds. The number of hydrogen-bond donors (Lipinski definition) is 1. The number of aromatic nitrogens is 2. The van der Waals surface area contributed by atoms with E-state index >= 15 is 0 Å². The molecule has 0 aliphatic carbocycles. The van der Waals surface area contributed by atoms with E-state index in [4.69, 9.17) is 9.47 Å². The van der Waals surface area contributed by atoms with Crippen molar-refractivity contribution in [1.29, 1.82) is 0 Å². The summed E-state index contributed by atoms with van der Waals surface area (Å²) in [6.45, 7) is 3.05. The normalized spacial score (nSPS) is 16.2. The van der Waals surface area contributed by atoms with Crippen LogP contribution in [0, 0.1) is 0 Å². The second-order valence-corrected chi connectivity index (χ2v) is 11.3. The second kappa shape index (κ2) is 17.1. The summed E-state index contributed by atoms with van der Waals surface area (Å²) >= 11 is 0. The molecule has 1 aliphatic rings. The summed E-state index contributed by atoms with van der Waals surface area (Å²) < 4.78 is 133. The Kier molecular flexibility index (Phi) is 14.2. The summed E-state index contributed by atoms with van der Waals surface area (Å²) in [5.41, 5.74) is -4.67. The smallest absolute Gasteiger partial charge is 0.550 e. The third kappa shape index (κ3) is 10.9. The predicted molar refractivity (Wildman–Crippen MR) is 157 cm³/mol. The van der Waals surface area contributed by atoms with Crippen molar-refractivity contribution in [2.24, 2.45) is 0 Å². The van der Waals surface area contributed by atoms with Gasteiger partial charge in [-0.05, 0) is 80.1 Å². The molecule has 3 aromatic rings. The van der Waals surface area contributed by atoms with Crippen molar-refractivity contribution in [3.63, 3.8) is 0 Å². The number of carbonyl (C=O) groups excluding carboxylic acids is 2. The molecule has 51 heavy (non-hydrogen) atoms. The van der Waals surface area contributed by atoms with E-state index in [-0.39, 0.29) is 112 Å². The summed E-state index contributed by atoms with van der Waals surface area (Å²) in [5, 5.41) is 13.7. The number of fused-ring (bicyclic) bond motifs is 1. The number of anilines is 2. The minimum atomic E-state index is -5.13. The Morgan fingerprint density at radius 2 is 1.57 bits per heavy atom. The zero-order chi connectivity index (χ0) is 37.0. The maximum Gasteiger partial charge on any atom is 1.00 e. The molecule has 1 N–H and O–H groups in total. The van der Waals surface area contributed by atoms with Gasteiger partial charge < -0.3 is 24.7 Å². The van der Waals surface area contributed by atoms with Crippen LogP contribution in [0.4, 0.5) is 55.9 Å². The summed E-state index contributed by atoms with van der Waals surface area (Å²) in [6, 6.07) is 2.24. The standard InChI is InChI=1S/C32H31F9N4O5.K/c1-3-21-15-23(22-14-18(30(33,34)35)7-8-25(22)45(21)29(48)49-4-2)43-28-42-16-26(50-9-5-6-27(46)47)24(44-28)12-17-10-19(31(36,37)38)13-20(11-17)32(39,40)41;/h7-8,10-11,13-14,16,21,23H,3-6,9,12,15H2,1-2H3,(H,46,47)(H,42,43,44);/q;+1/p-1/t21-,23+;/m1./s1. The number of amides is 1. The van der Waals surface area contributed by atoms with Crippen molar-refractivity contribution in [3.05, 3.63) is 76.1 Å². The first-order chi connectivity index (χ1) is 23.3. The number of rotatable bonds is 11. The number of halogens is 9. The van der Waals surface area contributed by atoms with Gasteiger partial charge in [-0.15, -0.1) is 0 Å². The summed E-state index contributed by atoms with van der Waals surface area (Å²) in [4.78, 5) is 33.3. The predicted octanol–water partition coefficient (Wildman–Crippen LogP) is 4.34. The van der Waals surface area contributed by atoms with Crippen LogP contribution in [0.25, 0.3) is 0 Å². The molecule has 272 valence electrons. The van der Waals surface area contributed by atoms with Gasteiger partial charge in [0.1, 0.15) is 0 Å². The fourth-order valence-electron chi connectivity index (χ4n) is 5.45. The topological polar surface area (TPSA) is 117 Å². The first-order valence-corrected chi connectivity index (χ1v) is 15.2. The Balaban J connectivity index is 0.00000702. The van der Waals surface area contributed by atoms with Crippen LogP contribution < -0.4 is 71.4 Å². The maximum atomic E-state index is 13.8. The molecule has 0 fully saturated rings. The Labute approximate surface area is 328 Å². The fourth-order valence-corrected chi connectivity index (χ4v) is 5.45. The van der Waals surface area contributed by atoms with E-state index in [0.717, 1.165) is 24.4 Å². The maximum absolute atomic E-state index is 13.8. The van der Waals surface area contributed by atoms with E-state index in [0.29, 0.717) is 18.6 Å². The van der Waals surface area contributed by atoms with Gasteiger partial charge in [0.05, 0.1) is 53.5 Å². The second-order valence-electron chi connectivity index (χ2n) is 11.3. The SMILES string of the molecule is CCOC(=O)N1c2ccc(C(F)(F)F)cc2[C@@H](Nc2ncc(OCCCC(=O)[O-])c(Cc3cc(C(F)(F)F)cc(C(F)(F)F)c3)n2)C[C@H]1CC.[K+]. The van der Waals surface area contributed by atoms with Crippen LogP contribution in [0.15, 0.2) is 42.6 Å². The van der Waals surface area contributed by atoms with Gasteiger partial charge in [0, 0.05) is 18.4 Å². The van der Waals surface area contributed by atoms with Gasteiger partial charge in [0.2, 0.25) is 5.95 Å². The molecular formula is C32H30F9KN4O5. The number of nitrogens with zero attached hydrogens (tertiary/aromatic N) is 3. The molecule has 1 aliphatic heterocycles. The van der Waals surface area contributed by atoms with Gasteiger partial charge in [-0.2, -0.15) is 39.5 Å².